The van der Waals surface area contributed by atoms with Gasteiger partial charge < -0.3 is 10.4 Å². The van der Waals surface area contributed by atoms with Crippen LogP contribution in [0.2, 0.25) is 0 Å². The lowest BCUT2D eigenvalue weighted by Crippen LogP contribution is -2.24. The van der Waals surface area contributed by atoms with Crippen molar-refractivity contribution in [1.29, 1.82) is 0 Å². The van der Waals surface area contributed by atoms with Crippen LogP contribution < -0.4 is 5.32 Å². The summed E-state index contributed by atoms with van der Waals surface area (Å²) >= 11 is 0. The zero-order chi connectivity index (χ0) is 9.42. The van der Waals surface area contributed by atoms with E-state index >= 15 is 0 Å². The van der Waals surface area contributed by atoms with Gasteiger partial charge in [-0.2, -0.15) is 4.68 Å². The van der Waals surface area contributed by atoms with Crippen molar-refractivity contribution in [2.45, 2.75) is 6.23 Å². The van der Waals surface area contributed by atoms with Gasteiger partial charge in [0, 0.05) is 0 Å². The lowest BCUT2D eigenvalue weighted by molar-refractivity contribution is -0.441. The highest BCUT2D eigenvalue weighted by Gasteiger charge is 2.31. The molecule has 1 aromatic rings. The number of rotatable bonds is 1. The molecule has 0 radical (unpaired) electrons. The van der Waals surface area contributed by atoms with E-state index in [1.807, 2.05) is 0 Å². The standard InChI is InChI=1S/C4H4N6O3/c11-3-2(10(12)13)1-5-4-6-7-8-9(3)4/h1,3,11H,(H,5,6,8). The summed E-state index contributed by atoms with van der Waals surface area (Å²) in [6.45, 7) is 0. The van der Waals surface area contributed by atoms with Crippen LogP contribution in [-0.4, -0.2) is 30.2 Å². The fourth-order valence-electron chi connectivity index (χ4n) is 0.939. The lowest BCUT2D eigenvalue weighted by Gasteiger charge is -2.13. The van der Waals surface area contributed by atoms with E-state index in [0.29, 0.717) is 0 Å². The third-order valence-corrected chi connectivity index (χ3v) is 1.55. The number of nitrogens with zero attached hydrogens (tertiary/aromatic N) is 5. The zero-order valence-electron chi connectivity index (χ0n) is 6.15. The van der Waals surface area contributed by atoms with Crippen LogP contribution in [0.15, 0.2) is 11.9 Å². The Hall–Kier alpha value is -2.03. The van der Waals surface area contributed by atoms with Crippen molar-refractivity contribution < 1.29 is 10.0 Å². The van der Waals surface area contributed by atoms with E-state index in [1.54, 1.807) is 0 Å². The molecule has 0 bridgehead atoms. The fourth-order valence-corrected chi connectivity index (χ4v) is 0.939. The molecule has 0 aliphatic carbocycles. The van der Waals surface area contributed by atoms with Gasteiger partial charge in [-0.15, -0.1) is 0 Å². The minimum atomic E-state index is -1.44. The van der Waals surface area contributed by atoms with Gasteiger partial charge in [0.15, 0.2) is 0 Å². The van der Waals surface area contributed by atoms with Gasteiger partial charge in [0.1, 0.15) is 0 Å². The van der Waals surface area contributed by atoms with Gasteiger partial charge in [-0.25, -0.2) is 0 Å². The second-order valence-electron chi connectivity index (χ2n) is 2.29. The molecule has 68 valence electrons. The highest BCUT2D eigenvalue weighted by atomic mass is 16.6. The Labute approximate surface area is 70.8 Å². The van der Waals surface area contributed by atoms with Crippen LogP contribution in [0.4, 0.5) is 5.95 Å². The van der Waals surface area contributed by atoms with Crippen LogP contribution in [0, 0.1) is 10.1 Å². The summed E-state index contributed by atoms with van der Waals surface area (Å²) in [7, 11) is 0. The molecule has 1 aliphatic rings. The van der Waals surface area contributed by atoms with Crippen molar-refractivity contribution in [1.82, 2.24) is 20.2 Å². The van der Waals surface area contributed by atoms with Crippen molar-refractivity contribution >= 4 is 5.95 Å². The molecule has 0 saturated carbocycles. The lowest BCUT2D eigenvalue weighted by atomic mass is 10.4. The Morgan fingerprint density at radius 3 is 3.23 bits per heavy atom. The molecule has 13 heavy (non-hydrogen) atoms. The van der Waals surface area contributed by atoms with E-state index in [-0.39, 0.29) is 5.95 Å². The normalized spacial score (nSPS) is 20.1. The summed E-state index contributed by atoms with van der Waals surface area (Å²) < 4.78 is 0.915. The van der Waals surface area contributed by atoms with Gasteiger partial charge in [-0.05, 0) is 10.4 Å². The number of aliphatic hydroxyl groups excluding tert-OH is 1. The smallest absolute Gasteiger partial charge is 0.313 e. The molecule has 0 saturated heterocycles. The van der Waals surface area contributed by atoms with Gasteiger partial charge in [0.25, 0.3) is 0 Å². The second-order valence-corrected chi connectivity index (χ2v) is 2.29. The van der Waals surface area contributed by atoms with Gasteiger partial charge in [-0.3, -0.25) is 10.1 Å². The molecule has 2 rings (SSSR count). The molecule has 1 aliphatic heterocycles. The maximum absolute atomic E-state index is 10.4. The van der Waals surface area contributed by atoms with Gasteiger partial charge >= 0.3 is 5.70 Å². The SMILES string of the molecule is O=[N+]([O-])C1=CNc2nnnn2C1O. The van der Waals surface area contributed by atoms with Crippen LogP contribution >= 0.6 is 0 Å². The fraction of sp³-hybridized carbons (Fsp3) is 0.250. The predicted octanol–water partition coefficient (Wildman–Crippen LogP) is -1.29. The summed E-state index contributed by atoms with van der Waals surface area (Å²) in [5, 5.41) is 32.2. The highest BCUT2D eigenvalue weighted by Crippen LogP contribution is 2.21. The minimum Gasteiger partial charge on any atom is -0.363 e. The molecule has 1 atom stereocenters. The van der Waals surface area contributed by atoms with E-state index in [4.69, 9.17) is 0 Å². The number of aliphatic hydroxyl groups is 1. The average Bonchev–Trinajstić information content (AvgIpc) is 2.52. The Balaban J connectivity index is 2.41. The molecule has 0 spiro atoms. The van der Waals surface area contributed by atoms with E-state index in [2.05, 4.69) is 20.8 Å². The molecule has 0 aromatic carbocycles. The number of nitrogens with one attached hydrogen (secondary N) is 1. The average molecular weight is 184 g/mol. The first-order chi connectivity index (χ1) is 6.20. The quantitative estimate of drug-likeness (QED) is 0.411. The first-order valence-corrected chi connectivity index (χ1v) is 3.27. The summed E-state index contributed by atoms with van der Waals surface area (Å²) in [6, 6.07) is 0. The van der Waals surface area contributed by atoms with E-state index in [1.165, 1.54) is 0 Å². The molecule has 2 heterocycles. The molecular formula is C4H4N6O3. The number of hydrogen-bond donors (Lipinski definition) is 2. The third kappa shape index (κ3) is 1.02. The van der Waals surface area contributed by atoms with Crippen LogP contribution in [0.1, 0.15) is 6.23 Å². The largest absolute Gasteiger partial charge is 0.363 e. The molecule has 0 fully saturated rings. The summed E-state index contributed by atoms with van der Waals surface area (Å²) in [5.74, 6) is 0.165. The molecule has 9 nitrogen and oxygen atoms in total. The van der Waals surface area contributed by atoms with Gasteiger partial charge in [0.05, 0.1) is 11.1 Å². The highest BCUT2D eigenvalue weighted by molar-refractivity contribution is 5.32. The van der Waals surface area contributed by atoms with Gasteiger partial charge in [-0.1, -0.05) is 5.10 Å². The van der Waals surface area contributed by atoms with E-state index in [0.717, 1.165) is 10.9 Å². The first kappa shape index (κ1) is 7.61. The summed E-state index contributed by atoms with van der Waals surface area (Å²) in [6.07, 6.45) is -0.391. The molecule has 1 aromatic heterocycles. The van der Waals surface area contributed by atoms with Crippen molar-refractivity contribution in [2.24, 2.45) is 0 Å². The first-order valence-electron chi connectivity index (χ1n) is 3.27. The van der Waals surface area contributed by atoms with Gasteiger partial charge in [0.2, 0.25) is 12.2 Å². The van der Waals surface area contributed by atoms with E-state index < -0.39 is 16.8 Å². The summed E-state index contributed by atoms with van der Waals surface area (Å²) in [5.41, 5.74) is -0.403. The number of hydrogen-bond acceptors (Lipinski definition) is 7. The van der Waals surface area contributed by atoms with Crippen LogP contribution in [0.3, 0.4) is 0 Å². The number of fused-ring (bicyclic) bond motifs is 1. The number of anilines is 1. The van der Waals surface area contributed by atoms with Crippen LogP contribution in [-0.2, 0) is 0 Å². The Kier molecular flexibility index (Phi) is 1.45. The van der Waals surface area contributed by atoms with Crippen molar-refractivity contribution in [2.75, 3.05) is 5.32 Å². The molecule has 2 N–H and O–H groups in total. The van der Waals surface area contributed by atoms with Crippen LogP contribution in [0.5, 0.6) is 0 Å². The second kappa shape index (κ2) is 2.48. The zero-order valence-corrected chi connectivity index (χ0v) is 6.15. The van der Waals surface area contributed by atoms with Crippen molar-refractivity contribution in [3.8, 4) is 0 Å². The number of nitro groups is 1. The van der Waals surface area contributed by atoms with Crippen molar-refractivity contribution in [3.63, 3.8) is 0 Å². The van der Waals surface area contributed by atoms with Crippen molar-refractivity contribution in [3.05, 3.63) is 22.0 Å². The monoisotopic (exact) mass is 184 g/mol. The molecule has 9 heteroatoms. The van der Waals surface area contributed by atoms with E-state index in [9.17, 15) is 15.2 Å². The Morgan fingerprint density at radius 2 is 2.54 bits per heavy atom. The molecular weight excluding hydrogens is 180 g/mol. The number of tetrazole rings is 1. The molecule has 1 unspecified atom stereocenters. The van der Waals surface area contributed by atoms with Crippen LogP contribution in [0.25, 0.3) is 0 Å². The maximum Gasteiger partial charge on any atom is 0.313 e. The Bertz CT molecular complexity index is 383. The number of aromatic nitrogens is 4. The minimum absolute atomic E-state index is 0.165. The predicted molar refractivity (Wildman–Crippen MR) is 37.8 cm³/mol. The molecule has 0 amide bonds. The topological polar surface area (TPSA) is 119 Å². The third-order valence-electron chi connectivity index (χ3n) is 1.55. The summed E-state index contributed by atoms with van der Waals surface area (Å²) in [4.78, 5) is 9.65. The Morgan fingerprint density at radius 1 is 1.77 bits per heavy atom. The maximum atomic E-state index is 10.4.